The van der Waals surface area contributed by atoms with E-state index in [0.717, 1.165) is 16.8 Å². The second-order valence-electron chi connectivity index (χ2n) is 13.5. The number of hydrogen-bond acceptors (Lipinski definition) is 1. The van der Waals surface area contributed by atoms with Gasteiger partial charge in [-0.25, -0.2) is 0 Å². The number of para-hydroxylation sites is 1. The van der Waals surface area contributed by atoms with Crippen LogP contribution in [0, 0.1) is 0 Å². The third kappa shape index (κ3) is 5.29. The summed E-state index contributed by atoms with van der Waals surface area (Å²) >= 11 is 0. The van der Waals surface area contributed by atoms with Gasteiger partial charge in [-0.1, -0.05) is 154 Å². The van der Waals surface area contributed by atoms with E-state index in [4.69, 9.17) is 5.73 Å². The van der Waals surface area contributed by atoms with Crippen LogP contribution in [0.3, 0.4) is 0 Å². The molecular weight excluding hydrogens is 605 g/mol. The van der Waals surface area contributed by atoms with Gasteiger partial charge in [-0.2, -0.15) is 0 Å². The summed E-state index contributed by atoms with van der Waals surface area (Å²) in [5, 5.41) is 2.44. The number of nitrogens with zero attached hydrogens (tertiary/aromatic N) is 1. The molecule has 7 rings (SSSR count). The average Bonchev–Trinajstić information content (AvgIpc) is 3.59. The minimum absolute atomic E-state index is 0.165. The number of rotatable bonds is 9. The van der Waals surface area contributed by atoms with Crippen molar-refractivity contribution in [1.82, 2.24) is 4.57 Å². The van der Waals surface area contributed by atoms with Crippen molar-refractivity contribution in [3.8, 4) is 22.3 Å². The monoisotopic (exact) mass is 648 g/mol. The molecule has 2 nitrogen and oxygen atoms in total. The second kappa shape index (κ2) is 13.2. The molecule has 0 aliphatic heterocycles. The smallest absolute Gasteiger partial charge is 0.0574 e. The lowest BCUT2D eigenvalue weighted by Crippen LogP contribution is -2.17. The van der Waals surface area contributed by atoms with Gasteiger partial charge in [0.2, 0.25) is 0 Å². The third-order valence-corrected chi connectivity index (χ3v) is 10.2. The molecule has 0 fully saturated rings. The van der Waals surface area contributed by atoms with Gasteiger partial charge in [0.05, 0.1) is 11.0 Å². The van der Waals surface area contributed by atoms with Crippen LogP contribution in [-0.4, -0.2) is 4.57 Å². The minimum Gasteiger partial charge on any atom is -0.398 e. The lowest BCUT2D eigenvalue weighted by atomic mass is 9.77. The van der Waals surface area contributed by atoms with Gasteiger partial charge in [-0.05, 0) is 87.7 Å². The molecule has 0 bridgehead atoms. The largest absolute Gasteiger partial charge is 0.398 e. The Kier molecular flexibility index (Phi) is 8.64. The highest BCUT2D eigenvalue weighted by Crippen LogP contribution is 2.51. The fourth-order valence-corrected chi connectivity index (χ4v) is 8.02. The molecule has 0 saturated heterocycles. The Hall–Kier alpha value is -5.86. The molecule has 0 amide bonds. The number of nitrogens with two attached hydrogens (primary N) is 1. The van der Waals surface area contributed by atoms with Crippen molar-refractivity contribution in [2.45, 2.75) is 39.7 Å². The highest BCUT2D eigenvalue weighted by molar-refractivity contribution is 6.16. The lowest BCUT2D eigenvalue weighted by molar-refractivity contribution is 0.656. The molecule has 0 spiro atoms. The lowest BCUT2D eigenvalue weighted by Gasteiger charge is -2.26. The predicted molar refractivity (Wildman–Crippen MR) is 219 cm³/mol. The third-order valence-electron chi connectivity index (χ3n) is 10.2. The number of allylic oxidation sites excluding steroid dienone is 7. The molecule has 0 unspecified atom stereocenters. The van der Waals surface area contributed by atoms with E-state index in [-0.39, 0.29) is 5.41 Å². The SMILES string of the molecule is C=CC1=C(/C=C\C)C(C)(C)c2c1cccc2-c1cccc(-c2cccc3c4c(/C=C\C)c(C=C)ccc4n(C/C=C(\N)c4ccccc4)c23)c1. The van der Waals surface area contributed by atoms with Crippen LogP contribution in [0.25, 0.3) is 67.5 Å². The van der Waals surface area contributed by atoms with Crippen LogP contribution < -0.4 is 5.73 Å². The molecule has 50 heavy (non-hydrogen) atoms. The first-order valence-corrected chi connectivity index (χ1v) is 17.4. The van der Waals surface area contributed by atoms with Crippen molar-refractivity contribution >= 4 is 45.2 Å². The summed E-state index contributed by atoms with van der Waals surface area (Å²) < 4.78 is 2.43. The van der Waals surface area contributed by atoms with Gasteiger partial charge >= 0.3 is 0 Å². The number of hydrogen-bond donors (Lipinski definition) is 1. The molecule has 1 aliphatic rings. The number of fused-ring (bicyclic) bond motifs is 4. The van der Waals surface area contributed by atoms with Crippen LogP contribution in [0.15, 0.2) is 152 Å². The Balaban J connectivity index is 1.46. The first-order valence-electron chi connectivity index (χ1n) is 17.4. The van der Waals surface area contributed by atoms with Gasteiger partial charge in [0.15, 0.2) is 0 Å². The van der Waals surface area contributed by atoms with Crippen LogP contribution >= 0.6 is 0 Å². The van der Waals surface area contributed by atoms with Gasteiger partial charge < -0.3 is 10.3 Å². The molecule has 1 aromatic heterocycles. The minimum atomic E-state index is -0.165. The van der Waals surface area contributed by atoms with Crippen LogP contribution in [0.5, 0.6) is 0 Å². The Labute approximate surface area is 296 Å². The first kappa shape index (κ1) is 32.7. The van der Waals surface area contributed by atoms with Crippen molar-refractivity contribution in [1.29, 1.82) is 0 Å². The van der Waals surface area contributed by atoms with E-state index in [9.17, 15) is 0 Å². The molecule has 0 atom stereocenters. The summed E-state index contributed by atoms with van der Waals surface area (Å²) in [6, 6.07) is 37.0. The Morgan fingerprint density at radius 2 is 1.42 bits per heavy atom. The summed E-state index contributed by atoms with van der Waals surface area (Å²) in [5.41, 5.74) is 22.9. The maximum Gasteiger partial charge on any atom is 0.0574 e. The molecule has 6 aromatic rings. The van der Waals surface area contributed by atoms with Crippen LogP contribution in [0.4, 0.5) is 0 Å². The standard InChI is InChI=1S/C48H44N2/c1-7-17-37-32(9-3)27-28-44-45(37)41-26-16-24-39(47(41)50(44)30-29-43(49)33-19-12-11-13-20-33)35-22-14-21-34(31-35)38-23-15-25-40-36(10-4)42(18-8-2)48(5,6)46(38)40/h7-29,31H,3-4,30,49H2,1-2,5-6H3/b17-7-,18-8-,43-29-. The molecule has 1 heterocycles. The molecule has 0 saturated carbocycles. The topological polar surface area (TPSA) is 30.9 Å². The molecule has 2 heteroatoms. The zero-order chi connectivity index (χ0) is 35.0. The fraction of sp³-hybridized carbons (Fsp3) is 0.125. The second-order valence-corrected chi connectivity index (χ2v) is 13.5. The van der Waals surface area contributed by atoms with E-state index in [2.05, 4.69) is 161 Å². The summed E-state index contributed by atoms with van der Waals surface area (Å²) in [7, 11) is 0. The molecular formula is C48H44N2. The van der Waals surface area contributed by atoms with Gasteiger partial charge in [0.25, 0.3) is 0 Å². The maximum absolute atomic E-state index is 6.68. The van der Waals surface area contributed by atoms with Crippen molar-refractivity contribution in [2.24, 2.45) is 5.73 Å². The molecule has 2 N–H and O–H groups in total. The maximum atomic E-state index is 6.68. The highest BCUT2D eigenvalue weighted by atomic mass is 15.0. The Morgan fingerprint density at radius 1 is 0.740 bits per heavy atom. The van der Waals surface area contributed by atoms with Gasteiger partial charge in [-0.3, -0.25) is 0 Å². The van der Waals surface area contributed by atoms with E-state index < -0.39 is 0 Å². The average molecular weight is 649 g/mol. The van der Waals surface area contributed by atoms with Crippen molar-refractivity contribution in [3.63, 3.8) is 0 Å². The summed E-state index contributed by atoms with van der Waals surface area (Å²) in [4.78, 5) is 0. The van der Waals surface area contributed by atoms with Crippen LogP contribution in [0.2, 0.25) is 0 Å². The normalized spacial score (nSPS) is 14.4. The summed E-state index contributed by atoms with van der Waals surface area (Å²) in [6.07, 6.45) is 14.8. The zero-order valence-electron chi connectivity index (χ0n) is 29.5. The highest BCUT2D eigenvalue weighted by Gasteiger charge is 2.37. The quantitative estimate of drug-likeness (QED) is 0.166. The van der Waals surface area contributed by atoms with Crippen molar-refractivity contribution < 1.29 is 0 Å². The van der Waals surface area contributed by atoms with Crippen molar-refractivity contribution in [3.05, 3.63) is 180 Å². The first-order chi connectivity index (χ1) is 24.3. The van der Waals surface area contributed by atoms with Crippen molar-refractivity contribution in [2.75, 3.05) is 0 Å². The van der Waals surface area contributed by atoms with E-state index in [0.29, 0.717) is 6.54 Å². The molecule has 5 aromatic carbocycles. The summed E-state index contributed by atoms with van der Waals surface area (Å²) in [5.74, 6) is 0. The summed E-state index contributed by atoms with van der Waals surface area (Å²) in [6.45, 7) is 17.8. The van der Waals surface area contributed by atoms with E-state index >= 15 is 0 Å². The van der Waals surface area contributed by atoms with Crippen LogP contribution in [-0.2, 0) is 12.0 Å². The number of benzene rings is 5. The number of aromatic nitrogens is 1. The zero-order valence-corrected chi connectivity index (χ0v) is 29.5. The van der Waals surface area contributed by atoms with Gasteiger partial charge in [0.1, 0.15) is 0 Å². The van der Waals surface area contributed by atoms with E-state index in [1.165, 1.54) is 71.9 Å². The molecule has 0 radical (unpaired) electrons. The molecule has 246 valence electrons. The predicted octanol–water partition coefficient (Wildman–Crippen LogP) is 12.6. The van der Waals surface area contributed by atoms with E-state index in [1.54, 1.807) is 0 Å². The molecule has 1 aliphatic carbocycles. The van der Waals surface area contributed by atoms with Gasteiger partial charge in [-0.15, -0.1) is 0 Å². The fourth-order valence-electron chi connectivity index (χ4n) is 8.02. The van der Waals surface area contributed by atoms with E-state index in [1.807, 2.05) is 30.4 Å². The van der Waals surface area contributed by atoms with Crippen LogP contribution in [0.1, 0.15) is 55.5 Å². The van der Waals surface area contributed by atoms with Gasteiger partial charge in [0, 0.05) is 34.0 Å². The Bertz CT molecular complexity index is 2420. The Morgan fingerprint density at radius 3 is 2.14 bits per heavy atom.